The molecular formula is C13H17N3O2. The normalized spacial score (nSPS) is 10.3. The largest absolute Gasteiger partial charge is 0.493 e. The van der Waals surface area contributed by atoms with Crippen LogP contribution in [-0.2, 0) is 13.2 Å². The van der Waals surface area contributed by atoms with Crippen LogP contribution in [0.1, 0.15) is 12.6 Å². The molecule has 0 aliphatic heterocycles. The topological polar surface area (TPSA) is 62.3 Å². The number of para-hydroxylation sites is 2. The van der Waals surface area contributed by atoms with E-state index in [1.54, 1.807) is 13.3 Å². The van der Waals surface area contributed by atoms with Crippen molar-refractivity contribution in [3.05, 3.63) is 36.2 Å². The van der Waals surface area contributed by atoms with Crippen LogP contribution in [-0.4, -0.2) is 16.9 Å². The molecule has 0 atom stereocenters. The van der Waals surface area contributed by atoms with Crippen LogP contribution in [0, 0.1) is 0 Å². The van der Waals surface area contributed by atoms with Crippen LogP contribution >= 0.6 is 0 Å². The van der Waals surface area contributed by atoms with Crippen LogP contribution in [0.15, 0.2) is 30.5 Å². The first-order valence-electron chi connectivity index (χ1n) is 5.82. The quantitative estimate of drug-likeness (QED) is 0.878. The maximum atomic E-state index is 5.86. The highest BCUT2D eigenvalue weighted by molar-refractivity contribution is 5.42. The maximum Gasteiger partial charge on any atom is 0.161 e. The minimum atomic E-state index is 0.375. The van der Waals surface area contributed by atoms with Crippen LogP contribution < -0.4 is 15.2 Å². The molecule has 0 spiro atoms. The van der Waals surface area contributed by atoms with Gasteiger partial charge in [-0.15, -0.1) is 0 Å². The van der Waals surface area contributed by atoms with Gasteiger partial charge < -0.3 is 15.2 Å². The Morgan fingerprint density at radius 3 is 2.67 bits per heavy atom. The van der Waals surface area contributed by atoms with E-state index in [4.69, 9.17) is 15.2 Å². The van der Waals surface area contributed by atoms with Crippen molar-refractivity contribution in [3.63, 3.8) is 0 Å². The average molecular weight is 247 g/mol. The fraction of sp³-hybridized carbons (Fsp3) is 0.308. The summed E-state index contributed by atoms with van der Waals surface area (Å²) in [6, 6.07) is 7.52. The monoisotopic (exact) mass is 247 g/mol. The molecule has 5 nitrogen and oxygen atoms in total. The molecule has 0 saturated carbocycles. The van der Waals surface area contributed by atoms with E-state index in [1.807, 2.05) is 35.9 Å². The molecule has 2 aromatic rings. The summed E-state index contributed by atoms with van der Waals surface area (Å²) in [5, 5.41) is 4.17. The van der Waals surface area contributed by atoms with Crippen molar-refractivity contribution in [2.75, 3.05) is 12.8 Å². The molecule has 1 aromatic carbocycles. The first-order chi connectivity index (χ1) is 8.76. The van der Waals surface area contributed by atoms with Crippen molar-refractivity contribution in [2.45, 2.75) is 20.1 Å². The molecule has 0 amide bonds. The number of anilines is 1. The van der Waals surface area contributed by atoms with E-state index in [9.17, 15) is 0 Å². The van der Waals surface area contributed by atoms with Gasteiger partial charge >= 0.3 is 0 Å². The van der Waals surface area contributed by atoms with E-state index in [-0.39, 0.29) is 0 Å². The van der Waals surface area contributed by atoms with E-state index in [0.717, 1.165) is 12.2 Å². The molecule has 18 heavy (non-hydrogen) atoms. The summed E-state index contributed by atoms with van der Waals surface area (Å²) in [5.74, 6) is 1.40. The standard InChI is InChI=1S/C13H17N3O2/c1-3-16-11(10(14)8-15-16)9-18-13-7-5-4-6-12(13)17-2/h4-8H,3,9,14H2,1-2H3. The number of rotatable bonds is 5. The third-order valence-electron chi connectivity index (χ3n) is 2.71. The molecule has 0 unspecified atom stereocenters. The van der Waals surface area contributed by atoms with Crippen molar-refractivity contribution >= 4 is 5.69 Å². The molecule has 1 heterocycles. The molecule has 0 aliphatic carbocycles. The summed E-state index contributed by atoms with van der Waals surface area (Å²) in [6.07, 6.45) is 1.64. The Hall–Kier alpha value is -2.17. The maximum absolute atomic E-state index is 5.86. The number of nitrogens with zero attached hydrogens (tertiary/aromatic N) is 2. The number of methoxy groups -OCH3 is 1. The Morgan fingerprint density at radius 2 is 2.00 bits per heavy atom. The van der Waals surface area contributed by atoms with Gasteiger partial charge in [0.15, 0.2) is 11.5 Å². The zero-order valence-electron chi connectivity index (χ0n) is 10.6. The van der Waals surface area contributed by atoms with Crippen LogP contribution in [0.2, 0.25) is 0 Å². The lowest BCUT2D eigenvalue weighted by molar-refractivity contribution is 0.274. The molecule has 96 valence electrons. The molecule has 0 saturated heterocycles. The Kier molecular flexibility index (Phi) is 3.72. The summed E-state index contributed by atoms with van der Waals surface area (Å²) in [5.41, 5.74) is 7.38. The summed E-state index contributed by atoms with van der Waals surface area (Å²) in [4.78, 5) is 0. The van der Waals surface area contributed by atoms with Crippen LogP contribution in [0.3, 0.4) is 0 Å². The van der Waals surface area contributed by atoms with Gasteiger partial charge in [-0.25, -0.2) is 0 Å². The Bertz CT molecular complexity index is 523. The molecule has 5 heteroatoms. The van der Waals surface area contributed by atoms with Gasteiger partial charge in [-0.05, 0) is 19.1 Å². The number of ether oxygens (including phenoxy) is 2. The lowest BCUT2D eigenvalue weighted by Gasteiger charge is -2.11. The van der Waals surface area contributed by atoms with Gasteiger partial charge in [0.05, 0.1) is 24.7 Å². The Labute approximate surface area is 106 Å². The summed E-state index contributed by atoms with van der Waals surface area (Å²) in [7, 11) is 1.62. The second-order valence-corrected chi connectivity index (χ2v) is 3.80. The van der Waals surface area contributed by atoms with Gasteiger partial charge in [0.1, 0.15) is 6.61 Å². The van der Waals surface area contributed by atoms with Crippen molar-refractivity contribution in [1.29, 1.82) is 0 Å². The van der Waals surface area contributed by atoms with Gasteiger partial charge in [0.2, 0.25) is 0 Å². The number of aryl methyl sites for hydroxylation is 1. The van der Waals surface area contributed by atoms with Gasteiger partial charge in [-0.3, -0.25) is 4.68 Å². The average Bonchev–Trinajstić information content (AvgIpc) is 2.77. The molecule has 0 aliphatic rings. The van der Waals surface area contributed by atoms with Gasteiger partial charge in [0, 0.05) is 6.54 Å². The predicted molar refractivity (Wildman–Crippen MR) is 69.6 cm³/mol. The van der Waals surface area contributed by atoms with Crippen molar-refractivity contribution in [2.24, 2.45) is 0 Å². The second-order valence-electron chi connectivity index (χ2n) is 3.80. The fourth-order valence-corrected chi connectivity index (χ4v) is 1.74. The molecule has 0 radical (unpaired) electrons. The Balaban J connectivity index is 2.13. The van der Waals surface area contributed by atoms with Crippen LogP contribution in [0.4, 0.5) is 5.69 Å². The van der Waals surface area contributed by atoms with Gasteiger partial charge in [0.25, 0.3) is 0 Å². The van der Waals surface area contributed by atoms with E-state index < -0.39 is 0 Å². The highest BCUT2D eigenvalue weighted by Crippen LogP contribution is 2.27. The number of nitrogens with two attached hydrogens (primary N) is 1. The van der Waals surface area contributed by atoms with Crippen molar-refractivity contribution in [3.8, 4) is 11.5 Å². The van der Waals surface area contributed by atoms with E-state index in [0.29, 0.717) is 23.8 Å². The zero-order chi connectivity index (χ0) is 13.0. The molecule has 2 N–H and O–H groups in total. The van der Waals surface area contributed by atoms with Crippen molar-refractivity contribution < 1.29 is 9.47 Å². The lowest BCUT2D eigenvalue weighted by Crippen LogP contribution is -2.08. The first-order valence-corrected chi connectivity index (χ1v) is 5.82. The first kappa shape index (κ1) is 12.3. The molecule has 0 fully saturated rings. The van der Waals surface area contributed by atoms with Crippen molar-refractivity contribution in [1.82, 2.24) is 9.78 Å². The highest BCUT2D eigenvalue weighted by atomic mass is 16.5. The second kappa shape index (κ2) is 5.44. The highest BCUT2D eigenvalue weighted by Gasteiger charge is 2.09. The molecule has 0 bridgehead atoms. The van der Waals surface area contributed by atoms with E-state index in [2.05, 4.69) is 5.10 Å². The van der Waals surface area contributed by atoms with E-state index in [1.165, 1.54) is 0 Å². The summed E-state index contributed by atoms with van der Waals surface area (Å²) in [6.45, 7) is 3.15. The number of nitrogen functional groups attached to an aromatic ring is 1. The molecule has 2 rings (SSSR count). The van der Waals surface area contributed by atoms with Gasteiger partial charge in [-0.1, -0.05) is 12.1 Å². The third kappa shape index (κ3) is 2.40. The minimum absolute atomic E-state index is 0.375. The summed E-state index contributed by atoms with van der Waals surface area (Å²) >= 11 is 0. The lowest BCUT2D eigenvalue weighted by atomic mass is 10.3. The predicted octanol–water partition coefficient (Wildman–Crippen LogP) is 2.07. The smallest absolute Gasteiger partial charge is 0.161 e. The Morgan fingerprint density at radius 1 is 1.28 bits per heavy atom. The zero-order valence-corrected chi connectivity index (χ0v) is 10.6. The SMILES string of the molecule is CCn1ncc(N)c1COc1ccccc1OC. The van der Waals surface area contributed by atoms with Crippen LogP contribution in [0.5, 0.6) is 11.5 Å². The minimum Gasteiger partial charge on any atom is -0.493 e. The van der Waals surface area contributed by atoms with E-state index >= 15 is 0 Å². The number of aromatic nitrogens is 2. The number of hydrogen-bond acceptors (Lipinski definition) is 4. The van der Waals surface area contributed by atoms with Gasteiger partial charge in [-0.2, -0.15) is 5.10 Å². The third-order valence-corrected chi connectivity index (χ3v) is 2.71. The number of benzene rings is 1. The molecular weight excluding hydrogens is 230 g/mol. The summed E-state index contributed by atoms with van der Waals surface area (Å²) < 4.78 is 12.8. The van der Waals surface area contributed by atoms with Crippen LogP contribution in [0.25, 0.3) is 0 Å². The molecule has 1 aromatic heterocycles. The number of hydrogen-bond donors (Lipinski definition) is 1. The fourth-order valence-electron chi connectivity index (χ4n) is 1.74.